The zero-order valence-corrected chi connectivity index (χ0v) is 12.8. The highest BCUT2D eigenvalue weighted by atomic mass is 32.2. The molecule has 1 N–H and O–H groups in total. The van der Waals surface area contributed by atoms with E-state index in [1.54, 1.807) is 0 Å². The van der Waals surface area contributed by atoms with Crippen LogP contribution in [0.4, 0.5) is 5.69 Å². The Balaban J connectivity index is 1.74. The number of unbranched alkanes of at least 4 members (excludes halogenated alkanes) is 1. The monoisotopic (exact) mass is 278 g/mol. The van der Waals surface area contributed by atoms with Crippen LogP contribution in [0.3, 0.4) is 0 Å². The molecule has 1 aromatic rings. The molecular weight excluding hydrogens is 252 g/mol. The highest BCUT2D eigenvalue weighted by molar-refractivity contribution is 7.98. The molecule has 19 heavy (non-hydrogen) atoms. The molecule has 1 fully saturated rings. The molecule has 0 spiro atoms. The predicted octanol–water partition coefficient (Wildman–Crippen LogP) is 3.84. The van der Waals surface area contributed by atoms with E-state index < -0.39 is 0 Å². The smallest absolute Gasteiger partial charge is 0.0343 e. The lowest BCUT2D eigenvalue weighted by molar-refractivity contribution is 0.331. The normalized spacial score (nSPS) is 15.8. The van der Waals surface area contributed by atoms with Crippen molar-refractivity contribution < 1.29 is 0 Å². The Kier molecular flexibility index (Phi) is 6.58. The van der Waals surface area contributed by atoms with Crippen LogP contribution < -0.4 is 5.32 Å². The number of hydrogen-bond donors (Lipinski definition) is 1. The number of nitrogens with zero attached hydrogens (tertiary/aromatic N) is 1. The third-order valence-electron chi connectivity index (χ3n) is 3.64. The lowest BCUT2D eigenvalue weighted by atomic mass is 10.2. The Hall–Kier alpha value is -0.670. The maximum absolute atomic E-state index is 3.54. The second-order valence-corrected chi connectivity index (χ2v) is 6.30. The van der Waals surface area contributed by atoms with Crippen LogP contribution in [-0.2, 0) is 6.54 Å². The molecule has 1 aliphatic heterocycles. The number of benzene rings is 1. The standard InChI is InChI=1S/C16H26N2S/c1-19-12-5-2-9-17-16-8-6-7-15(13-16)14-18-10-3-4-11-18/h6-8,13,17H,2-5,9-12,14H2,1H3. The first kappa shape index (κ1) is 14.7. The van der Waals surface area contributed by atoms with E-state index in [-0.39, 0.29) is 0 Å². The van der Waals surface area contributed by atoms with E-state index in [9.17, 15) is 0 Å². The quantitative estimate of drug-likeness (QED) is 0.727. The second-order valence-electron chi connectivity index (χ2n) is 5.31. The minimum absolute atomic E-state index is 1.09. The maximum Gasteiger partial charge on any atom is 0.0343 e. The predicted molar refractivity (Wildman–Crippen MR) is 87.1 cm³/mol. The fourth-order valence-electron chi connectivity index (χ4n) is 2.58. The molecular formula is C16H26N2S. The van der Waals surface area contributed by atoms with Gasteiger partial charge in [0.25, 0.3) is 0 Å². The number of rotatable bonds is 8. The van der Waals surface area contributed by atoms with Crippen molar-refractivity contribution in [2.45, 2.75) is 32.2 Å². The largest absolute Gasteiger partial charge is 0.385 e. The van der Waals surface area contributed by atoms with E-state index in [4.69, 9.17) is 0 Å². The van der Waals surface area contributed by atoms with Crippen LogP contribution in [0.2, 0.25) is 0 Å². The minimum Gasteiger partial charge on any atom is -0.385 e. The van der Waals surface area contributed by atoms with Crippen LogP contribution in [-0.4, -0.2) is 36.5 Å². The fraction of sp³-hybridized carbons (Fsp3) is 0.625. The lowest BCUT2D eigenvalue weighted by Gasteiger charge is -2.15. The third-order valence-corrected chi connectivity index (χ3v) is 4.33. The first-order valence-corrected chi connectivity index (χ1v) is 8.82. The first-order valence-electron chi connectivity index (χ1n) is 7.42. The van der Waals surface area contributed by atoms with E-state index in [1.165, 1.54) is 55.8 Å². The number of hydrogen-bond acceptors (Lipinski definition) is 3. The number of likely N-dealkylation sites (tertiary alicyclic amines) is 1. The van der Waals surface area contributed by atoms with Gasteiger partial charge in [-0.05, 0) is 68.5 Å². The van der Waals surface area contributed by atoms with Gasteiger partial charge in [-0.15, -0.1) is 0 Å². The van der Waals surface area contributed by atoms with Gasteiger partial charge in [0.1, 0.15) is 0 Å². The molecule has 0 atom stereocenters. The molecule has 1 saturated heterocycles. The van der Waals surface area contributed by atoms with Crippen molar-refractivity contribution in [3.05, 3.63) is 29.8 Å². The number of anilines is 1. The summed E-state index contributed by atoms with van der Waals surface area (Å²) >= 11 is 1.93. The van der Waals surface area contributed by atoms with Gasteiger partial charge in [0.15, 0.2) is 0 Å². The summed E-state index contributed by atoms with van der Waals surface area (Å²) in [5, 5.41) is 3.54. The molecule has 0 radical (unpaired) electrons. The van der Waals surface area contributed by atoms with Crippen molar-refractivity contribution in [3.63, 3.8) is 0 Å². The Morgan fingerprint density at radius 2 is 2.05 bits per heavy atom. The van der Waals surface area contributed by atoms with Crippen LogP contribution in [0.5, 0.6) is 0 Å². The van der Waals surface area contributed by atoms with Gasteiger partial charge in [0, 0.05) is 18.8 Å². The summed E-state index contributed by atoms with van der Waals surface area (Å²) in [4.78, 5) is 2.55. The van der Waals surface area contributed by atoms with Gasteiger partial charge in [-0.3, -0.25) is 4.90 Å². The van der Waals surface area contributed by atoms with Crippen LogP contribution in [0.1, 0.15) is 31.2 Å². The average molecular weight is 278 g/mol. The zero-order valence-electron chi connectivity index (χ0n) is 12.0. The second kappa shape index (κ2) is 8.49. The third kappa shape index (κ3) is 5.45. The van der Waals surface area contributed by atoms with Crippen molar-refractivity contribution in [2.24, 2.45) is 0 Å². The van der Waals surface area contributed by atoms with Gasteiger partial charge in [-0.25, -0.2) is 0 Å². The summed E-state index contributed by atoms with van der Waals surface area (Å²) in [6.07, 6.45) is 7.48. The van der Waals surface area contributed by atoms with Gasteiger partial charge in [0.05, 0.1) is 0 Å². The molecule has 1 aromatic carbocycles. The molecule has 2 nitrogen and oxygen atoms in total. The van der Waals surface area contributed by atoms with E-state index in [0.717, 1.165) is 13.1 Å². The maximum atomic E-state index is 3.54. The Morgan fingerprint density at radius 3 is 2.84 bits per heavy atom. The van der Waals surface area contributed by atoms with E-state index >= 15 is 0 Å². The summed E-state index contributed by atoms with van der Waals surface area (Å²) in [6, 6.07) is 8.92. The molecule has 0 unspecified atom stereocenters. The molecule has 2 rings (SSSR count). The number of nitrogens with one attached hydrogen (secondary N) is 1. The highest BCUT2D eigenvalue weighted by Gasteiger charge is 2.11. The summed E-state index contributed by atoms with van der Waals surface area (Å²) in [5.74, 6) is 1.27. The molecule has 0 amide bonds. The first-order chi connectivity index (χ1) is 9.38. The van der Waals surface area contributed by atoms with E-state index in [2.05, 4.69) is 40.7 Å². The van der Waals surface area contributed by atoms with Gasteiger partial charge in [-0.2, -0.15) is 11.8 Å². The Labute approximate surface area is 122 Å². The summed E-state index contributed by atoms with van der Waals surface area (Å²) in [6.45, 7) is 4.74. The summed E-state index contributed by atoms with van der Waals surface area (Å²) < 4.78 is 0. The molecule has 1 aliphatic rings. The minimum atomic E-state index is 1.09. The van der Waals surface area contributed by atoms with Gasteiger partial charge < -0.3 is 5.32 Å². The highest BCUT2D eigenvalue weighted by Crippen LogP contribution is 2.16. The van der Waals surface area contributed by atoms with Gasteiger partial charge >= 0.3 is 0 Å². The SMILES string of the molecule is CSCCCCNc1cccc(CN2CCCC2)c1. The molecule has 1 heterocycles. The zero-order chi connectivity index (χ0) is 13.3. The lowest BCUT2D eigenvalue weighted by Crippen LogP contribution is -2.18. The Morgan fingerprint density at radius 1 is 1.21 bits per heavy atom. The van der Waals surface area contributed by atoms with Crippen LogP contribution in [0, 0.1) is 0 Å². The van der Waals surface area contributed by atoms with Gasteiger partial charge in [0.2, 0.25) is 0 Å². The molecule has 0 aromatic heterocycles. The number of thioether (sulfide) groups is 1. The van der Waals surface area contributed by atoms with Crippen molar-refractivity contribution in [2.75, 3.05) is 37.0 Å². The molecule has 106 valence electrons. The van der Waals surface area contributed by atoms with Crippen LogP contribution in [0.15, 0.2) is 24.3 Å². The van der Waals surface area contributed by atoms with Gasteiger partial charge in [-0.1, -0.05) is 12.1 Å². The van der Waals surface area contributed by atoms with Crippen molar-refractivity contribution in [3.8, 4) is 0 Å². The Bertz CT molecular complexity index is 362. The molecule has 0 aliphatic carbocycles. The topological polar surface area (TPSA) is 15.3 Å². The van der Waals surface area contributed by atoms with Crippen LogP contribution in [0.25, 0.3) is 0 Å². The van der Waals surface area contributed by atoms with E-state index in [0.29, 0.717) is 0 Å². The summed E-state index contributed by atoms with van der Waals surface area (Å²) in [5.41, 5.74) is 2.72. The molecule has 0 bridgehead atoms. The van der Waals surface area contributed by atoms with Crippen molar-refractivity contribution in [1.29, 1.82) is 0 Å². The van der Waals surface area contributed by atoms with Crippen molar-refractivity contribution >= 4 is 17.4 Å². The summed E-state index contributed by atoms with van der Waals surface area (Å²) in [7, 11) is 0. The van der Waals surface area contributed by atoms with E-state index in [1.807, 2.05) is 11.8 Å². The fourth-order valence-corrected chi connectivity index (χ4v) is 3.08. The van der Waals surface area contributed by atoms with Crippen LogP contribution >= 0.6 is 11.8 Å². The van der Waals surface area contributed by atoms with Crippen molar-refractivity contribution in [1.82, 2.24) is 4.90 Å². The average Bonchev–Trinajstić information content (AvgIpc) is 2.92. The molecule has 3 heteroatoms. The molecule has 0 saturated carbocycles.